The van der Waals surface area contributed by atoms with Gasteiger partial charge in [-0.05, 0) is 53.5 Å². The Kier molecular flexibility index (Phi) is 8.33. The Balaban J connectivity index is 2.47. The van der Waals surface area contributed by atoms with Crippen molar-refractivity contribution in [1.82, 2.24) is 0 Å². The van der Waals surface area contributed by atoms with E-state index in [0.717, 1.165) is 16.7 Å². The van der Waals surface area contributed by atoms with Gasteiger partial charge in [-0.15, -0.1) is 0 Å². The largest absolute Gasteiger partial charge is 0.488 e. The Morgan fingerprint density at radius 1 is 1.00 bits per heavy atom. The molecule has 0 spiro atoms. The number of furan rings is 1. The summed E-state index contributed by atoms with van der Waals surface area (Å²) in [5.74, 6) is 0.881. The van der Waals surface area contributed by atoms with Gasteiger partial charge in [0.2, 0.25) is 0 Å². The Bertz CT molecular complexity index is 909. The fourth-order valence-corrected chi connectivity index (χ4v) is 4.81. The quantitative estimate of drug-likeness (QED) is 0.309. The van der Waals surface area contributed by atoms with E-state index in [1.54, 1.807) is 18.2 Å². The van der Waals surface area contributed by atoms with Crippen molar-refractivity contribution >= 4 is 10.1 Å². The van der Waals surface area contributed by atoms with Crippen molar-refractivity contribution in [3.05, 3.63) is 65.3 Å². The van der Waals surface area contributed by atoms with E-state index in [2.05, 4.69) is 13.8 Å². The van der Waals surface area contributed by atoms with Crippen molar-refractivity contribution in [3.63, 3.8) is 0 Å². The molecule has 0 saturated carbocycles. The molecule has 1 heterocycles. The lowest BCUT2D eigenvalue weighted by Gasteiger charge is -2.23. The molecule has 0 radical (unpaired) electrons. The number of allylic oxidation sites excluding steroid dienone is 1. The molecule has 0 N–H and O–H groups in total. The number of hydrogen-bond acceptors (Lipinski definition) is 5. The smallest absolute Gasteiger partial charge is 0.297 e. The van der Waals surface area contributed by atoms with Gasteiger partial charge in [0.05, 0.1) is 12.5 Å². The molecule has 0 amide bonds. The summed E-state index contributed by atoms with van der Waals surface area (Å²) in [6.07, 6.45) is 4.09. The van der Waals surface area contributed by atoms with Crippen LogP contribution in [0.1, 0.15) is 94.8 Å². The fourth-order valence-electron chi connectivity index (χ4n) is 3.22. The van der Waals surface area contributed by atoms with Crippen LogP contribution in [0.15, 0.2) is 52.2 Å². The van der Waals surface area contributed by atoms with Gasteiger partial charge < -0.3 is 9.15 Å². The Morgan fingerprint density at radius 3 is 2.03 bits per heavy atom. The first-order chi connectivity index (χ1) is 14.1. The standard InChI is InChI=1S/C24H34O5S/c1-8-11-27-23(22-10-9-12-28-22)15-29-30(25,26)24-20(17(4)5)13-19(16(2)3)14-21(24)18(6)7/h8-14,16-18,23H,15H2,1-7H3/b11-8-/t23-/m0/s1. The van der Waals surface area contributed by atoms with Gasteiger partial charge in [0.15, 0.2) is 6.10 Å². The molecule has 1 atom stereocenters. The molecule has 0 unspecified atom stereocenters. The first-order valence-corrected chi connectivity index (χ1v) is 11.9. The fraction of sp³-hybridized carbons (Fsp3) is 0.500. The third-order valence-corrected chi connectivity index (χ3v) is 6.36. The summed E-state index contributed by atoms with van der Waals surface area (Å²) in [6, 6.07) is 7.46. The summed E-state index contributed by atoms with van der Waals surface area (Å²) in [5.41, 5.74) is 2.70. The SMILES string of the molecule is C/C=C\O[C@@H](COS(=O)(=O)c1c(C(C)C)cc(C(C)C)cc1C(C)C)c1ccco1. The van der Waals surface area contributed by atoms with Gasteiger partial charge in [-0.3, -0.25) is 4.18 Å². The Hall–Kier alpha value is -2.05. The van der Waals surface area contributed by atoms with Gasteiger partial charge in [-0.1, -0.05) is 59.8 Å². The van der Waals surface area contributed by atoms with Crippen molar-refractivity contribution in [1.29, 1.82) is 0 Å². The molecule has 1 aromatic carbocycles. The second-order valence-electron chi connectivity index (χ2n) is 8.34. The molecule has 2 rings (SSSR count). The van der Waals surface area contributed by atoms with Crippen molar-refractivity contribution in [2.24, 2.45) is 0 Å². The predicted octanol–water partition coefficient (Wildman–Crippen LogP) is 6.65. The Morgan fingerprint density at radius 2 is 1.60 bits per heavy atom. The lowest BCUT2D eigenvalue weighted by Crippen LogP contribution is -2.18. The van der Waals surface area contributed by atoms with E-state index in [1.807, 2.05) is 46.8 Å². The minimum Gasteiger partial charge on any atom is -0.488 e. The molecule has 0 aliphatic rings. The number of rotatable bonds is 10. The molecule has 1 aromatic heterocycles. The second kappa shape index (κ2) is 10.3. The molecular weight excluding hydrogens is 400 g/mol. The Labute approximate surface area is 181 Å². The molecule has 0 aliphatic carbocycles. The topological polar surface area (TPSA) is 65.7 Å². The first kappa shape index (κ1) is 24.2. The van der Waals surface area contributed by atoms with Crippen LogP contribution in [0.2, 0.25) is 0 Å². The van der Waals surface area contributed by atoms with E-state index in [4.69, 9.17) is 13.3 Å². The average Bonchev–Trinajstić information content (AvgIpc) is 3.21. The molecule has 0 saturated heterocycles. The van der Waals surface area contributed by atoms with Crippen LogP contribution in [-0.2, 0) is 19.0 Å². The number of hydrogen-bond donors (Lipinski definition) is 0. The van der Waals surface area contributed by atoms with Gasteiger partial charge in [0, 0.05) is 0 Å². The van der Waals surface area contributed by atoms with Crippen molar-refractivity contribution < 1.29 is 21.8 Å². The van der Waals surface area contributed by atoms with Crippen LogP contribution in [0.25, 0.3) is 0 Å². The van der Waals surface area contributed by atoms with Gasteiger partial charge in [-0.2, -0.15) is 8.42 Å². The average molecular weight is 435 g/mol. The molecule has 0 fully saturated rings. The first-order valence-electron chi connectivity index (χ1n) is 10.5. The maximum absolute atomic E-state index is 13.4. The van der Waals surface area contributed by atoms with Crippen LogP contribution in [0.3, 0.4) is 0 Å². The van der Waals surface area contributed by atoms with Crippen LogP contribution in [0.4, 0.5) is 0 Å². The van der Waals surface area contributed by atoms with E-state index in [-0.39, 0.29) is 23.3 Å². The summed E-state index contributed by atoms with van der Waals surface area (Å²) in [6.45, 7) is 13.9. The third-order valence-electron chi connectivity index (χ3n) is 4.94. The minimum atomic E-state index is -4.01. The maximum atomic E-state index is 13.4. The predicted molar refractivity (Wildman–Crippen MR) is 119 cm³/mol. The van der Waals surface area contributed by atoms with Crippen LogP contribution in [-0.4, -0.2) is 15.0 Å². The number of ether oxygens (including phenoxy) is 1. The van der Waals surface area contributed by atoms with E-state index in [1.165, 1.54) is 12.5 Å². The third kappa shape index (κ3) is 5.76. The van der Waals surface area contributed by atoms with Gasteiger partial charge >= 0.3 is 0 Å². The summed E-state index contributed by atoms with van der Waals surface area (Å²) in [4.78, 5) is 0.279. The van der Waals surface area contributed by atoms with Gasteiger partial charge in [-0.25, -0.2) is 0 Å². The molecule has 30 heavy (non-hydrogen) atoms. The zero-order chi connectivity index (χ0) is 22.5. The summed E-state index contributed by atoms with van der Waals surface area (Å²) >= 11 is 0. The molecule has 2 aromatic rings. The minimum absolute atomic E-state index is 0.0368. The molecular formula is C24H34O5S. The van der Waals surface area contributed by atoms with Crippen molar-refractivity contribution in [2.75, 3.05) is 6.61 Å². The lowest BCUT2D eigenvalue weighted by molar-refractivity contribution is 0.0732. The van der Waals surface area contributed by atoms with E-state index >= 15 is 0 Å². The highest BCUT2D eigenvalue weighted by molar-refractivity contribution is 7.86. The molecule has 5 nitrogen and oxygen atoms in total. The van der Waals surface area contributed by atoms with E-state index in [9.17, 15) is 8.42 Å². The molecule has 0 bridgehead atoms. The monoisotopic (exact) mass is 434 g/mol. The van der Waals surface area contributed by atoms with Gasteiger partial charge in [0.1, 0.15) is 17.3 Å². The van der Waals surface area contributed by atoms with Crippen LogP contribution < -0.4 is 0 Å². The highest BCUT2D eigenvalue weighted by atomic mass is 32.2. The molecule has 166 valence electrons. The lowest BCUT2D eigenvalue weighted by atomic mass is 9.89. The highest BCUT2D eigenvalue weighted by Crippen LogP contribution is 2.36. The normalized spacial score (nSPS) is 13.7. The van der Waals surface area contributed by atoms with Crippen LogP contribution >= 0.6 is 0 Å². The summed E-state index contributed by atoms with van der Waals surface area (Å²) in [5, 5.41) is 0. The second-order valence-corrected chi connectivity index (χ2v) is 9.89. The summed E-state index contributed by atoms with van der Waals surface area (Å²) < 4.78 is 43.3. The van der Waals surface area contributed by atoms with Crippen molar-refractivity contribution in [3.8, 4) is 0 Å². The van der Waals surface area contributed by atoms with E-state index < -0.39 is 16.2 Å². The van der Waals surface area contributed by atoms with Crippen molar-refractivity contribution in [2.45, 2.75) is 77.2 Å². The summed E-state index contributed by atoms with van der Waals surface area (Å²) in [7, 11) is -4.01. The zero-order valence-electron chi connectivity index (χ0n) is 19.0. The van der Waals surface area contributed by atoms with E-state index in [0.29, 0.717) is 11.7 Å². The number of benzene rings is 1. The maximum Gasteiger partial charge on any atom is 0.297 e. The molecule has 0 aliphatic heterocycles. The zero-order valence-corrected chi connectivity index (χ0v) is 19.8. The van der Waals surface area contributed by atoms with Crippen LogP contribution in [0, 0.1) is 0 Å². The molecule has 6 heteroatoms. The van der Waals surface area contributed by atoms with Gasteiger partial charge in [0.25, 0.3) is 10.1 Å². The highest BCUT2D eigenvalue weighted by Gasteiger charge is 2.29. The van der Waals surface area contributed by atoms with Crippen LogP contribution in [0.5, 0.6) is 0 Å².